The number of alkyl halides is 2. The van der Waals surface area contributed by atoms with Crippen molar-refractivity contribution in [2.24, 2.45) is 5.92 Å². The van der Waals surface area contributed by atoms with Gasteiger partial charge in [0.05, 0.1) is 0 Å². The summed E-state index contributed by atoms with van der Waals surface area (Å²) in [5.74, 6) is 0.951. The second-order valence-electron chi connectivity index (χ2n) is 15.5. The molecule has 0 radical (unpaired) electrons. The van der Waals surface area contributed by atoms with Crippen molar-refractivity contribution in [2.45, 2.75) is 238 Å². The largest absolute Gasteiger partial charge is 0.0654 e. The second-order valence-corrected chi connectivity index (χ2v) is 19.3. The smallest absolute Gasteiger partial charge is 0.0320 e. The summed E-state index contributed by atoms with van der Waals surface area (Å²) in [6.07, 6.45) is 43.9. The quantitative estimate of drug-likeness (QED) is 0.0218. The minimum atomic E-state index is 0.350. The van der Waals surface area contributed by atoms with Crippen molar-refractivity contribution in [1.29, 1.82) is 0 Å². The Morgan fingerprint density at radius 2 is 0.979 bits per heavy atom. The third-order valence-electron chi connectivity index (χ3n) is 10.7. The summed E-state index contributed by atoms with van der Waals surface area (Å²) in [5, 5.41) is 3.82. The molecule has 0 aromatic carbocycles. The van der Waals surface area contributed by atoms with E-state index in [1.165, 1.54) is 230 Å². The first kappa shape index (κ1) is 48.4. The van der Waals surface area contributed by atoms with Crippen LogP contribution >= 0.6 is 0 Å². The maximum absolute atomic E-state index is 4.53. The van der Waals surface area contributed by atoms with Crippen LogP contribution in [0.3, 0.4) is 0 Å². The molecule has 0 aliphatic carbocycles. The zero-order valence-electron chi connectivity index (χ0n) is 34.1. The van der Waals surface area contributed by atoms with Crippen molar-refractivity contribution in [3.63, 3.8) is 0 Å². The van der Waals surface area contributed by atoms with E-state index in [0.717, 1.165) is 9.97 Å². The molecule has 3 heteroatoms. The number of nitrogens with zero attached hydrogens (tertiary/aromatic N) is 1. The third kappa shape index (κ3) is 36.2. The van der Waals surface area contributed by atoms with Crippen LogP contribution in [0.1, 0.15) is 234 Å². The number of rotatable bonds is 41. The fourth-order valence-electron chi connectivity index (χ4n) is 7.17. The molecule has 1 unspecified atom stereocenters. The summed E-state index contributed by atoms with van der Waals surface area (Å²) in [4.78, 5) is 2.71. The van der Waals surface area contributed by atoms with E-state index in [2.05, 4.69) is 51.4 Å². The fourth-order valence-corrected chi connectivity index (χ4v) is 9.71. The second kappa shape index (κ2) is 40.2. The van der Waals surface area contributed by atoms with Gasteiger partial charge in [0.2, 0.25) is 0 Å². The fraction of sp³-hybridized carbons (Fsp3) is 0.956. The standard InChI is InChI=1S/C45H92IN2/c1-7-11-14-17-21-28-35-45(36-29-22-18-15-12-8-2)38-37-43(5)34-27-20-19-25-32-41-48(10-4)42-33-26-24-31-40-47-44(6)46-39-30-23-16-13-9-3/h44-45,47H,5,7-42H2,1-4,6H3/q-1. The molecule has 0 aromatic heterocycles. The van der Waals surface area contributed by atoms with E-state index in [1.54, 1.807) is 5.57 Å². The Balaban J connectivity index is 3.85. The van der Waals surface area contributed by atoms with Crippen LogP contribution in [0.15, 0.2) is 12.2 Å². The third-order valence-corrected chi connectivity index (χ3v) is 13.8. The Kier molecular flexibility index (Phi) is 40.5. The Morgan fingerprint density at radius 3 is 1.52 bits per heavy atom. The van der Waals surface area contributed by atoms with E-state index < -0.39 is 0 Å². The summed E-state index contributed by atoms with van der Waals surface area (Å²) < 4.78 is 2.32. The maximum atomic E-state index is 4.53. The molecular formula is C45H92IN2-. The summed E-state index contributed by atoms with van der Waals surface area (Å²) in [5.41, 5.74) is 1.54. The van der Waals surface area contributed by atoms with Crippen molar-refractivity contribution in [1.82, 2.24) is 10.2 Å². The normalized spacial score (nSPS) is 12.6. The Labute approximate surface area is 316 Å². The van der Waals surface area contributed by atoms with E-state index in [1.807, 2.05) is 0 Å². The van der Waals surface area contributed by atoms with E-state index in [9.17, 15) is 0 Å². The van der Waals surface area contributed by atoms with Gasteiger partial charge in [0.15, 0.2) is 0 Å². The van der Waals surface area contributed by atoms with E-state index in [0.29, 0.717) is 21.2 Å². The van der Waals surface area contributed by atoms with Gasteiger partial charge in [-0.3, -0.25) is 0 Å². The molecule has 1 atom stereocenters. The minimum Gasteiger partial charge on any atom is -0.0654 e. The molecule has 1 N–H and O–H groups in total. The zero-order valence-corrected chi connectivity index (χ0v) is 36.3. The van der Waals surface area contributed by atoms with E-state index >= 15 is 0 Å². The molecule has 2 nitrogen and oxygen atoms in total. The molecule has 0 aromatic rings. The molecule has 0 aliphatic heterocycles. The van der Waals surface area contributed by atoms with Gasteiger partial charge in [0.25, 0.3) is 0 Å². The van der Waals surface area contributed by atoms with Crippen molar-refractivity contribution in [3.05, 3.63) is 12.2 Å². The first-order valence-corrected chi connectivity index (χ1v) is 25.0. The SMILES string of the molecule is C=C(CCCCCCCN(CC)CCCCCCNC(C)[I-]CCCCCCC)CCC(CCCCCCCC)CCCCCCCC. The van der Waals surface area contributed by atoms with E-state index in [-0.39, 0.29) is 0 Å². The molecule has 0 spiro atoms. The molecule has 0 heterocycles. The van der Waals surface area contributed by atoms with Crippen molar-refractivity contribution in [3.8, 4) is 0 Å². The summed E-state index contributed by atoms with van der Waals surface area (Å²) >= 11 is 0.350. The Morgan fingerprint density at radius 1 is 0.521 bits per heavy atom. The Bertz CT molecular complexity index is 606. The average molecular weight is 788 g/mol. The maximum Gasteiger partial charge on any atom is -0.0320 e. The average Bonchev–Trinajstić information content (AvgIpc) is 3.09. The summed E-state index contributed by atoms with van der Waals surface area (Å²) in [6, 6.07) is 0. The van der Waals surface area contributed by atoms with Crippen LogP contribution in [0.2, 0.25) is 0 Å². The Hall–Kier alpha value is 0.390. The molecule has 0 saturated heterocycles. The molecule has 0 fully saturated rings. The summed E-state index contributed by atoms with van der Waals surface area (Å²) in [7, 11) is 0. The van der Waals surface area contributed by atoms with Crippen LogP contribution in [-0.4, -0.2) is 39.6 Å². The number of nitrogens with one attached hydrogen (secondary N) is 1. The predicted molar refractivity (Wildman–Crippen MR) is 217 cm³/mol. The van der Waals surface area contributed by atoms with Gasteiger partial charge < -0.3 is 0 Å². The zero-order chi connectivity index (χ0) is 35.2. The molecule has 0 rings (SSSR count). The van der Waals surface area contributed by atoms with Gasteiger partial charge in [0, 0.05) is 0 Å². The van der Waals surface area contributed by atoms with Crippen molar-refractivity contribution in [2.75, 3.05) is 30.6 Å². The van der Waals surface area contributed by atoms with Crippen molar-refractivity contribution < 1.29 is 21.2 Å². The predicted octanol–water partition coefficient (Wildman–Crippen LogP) is 11.7. The first-order chi connectivity index (χ1) is 23.6. The molecule has 0 saturated carbocycles. The number of halogens is 1. The van der Waals surface area contributed by atoms with Crippen molar-refractivity contribution >= 4 is 0 Å². The van der Waals surface area contributed by atoms with Crippen LogP contribution in [0.5, 0.6) is 0 Å². The number of hydrogen-bond acceptors (Lipinski definition) is 2. The van der Waals surface area contributed by atoms with E-state index in [4.69, 9.17) is 0 Å². The van der Waals surface area contributed by atoms with Crippen LogP contribution in [0, 0.1) is 5.92 Å². The summed E-state index contributed by atoms with van der Waals surface area (Å²) in [6.45, 7) is 21.3. The minimum absolute atomic E-state index is 0.350. The van der Waals surface area contributed by atoms with Gasteiger partial charge in [-0.25, -0.2) is 0 Å². The molecule has 0 amide bonds. The number of hydrogen-bond donors (Lipinski definition) is 1. The van der Waals surface area contributed by atoms with Gasteiger partial charge >= 0.3 is 157 Å². The topological polar surface area (TPSA) is 15.3 Å². The molecule has 290 valence electrons. The molecule has 48 heavy (non-hydrogen) atoms. The monoisotopic (exact) mass is 788 g/mol. The van der Waals surface area contributed by atoms with Crippen LogP contribution in [-0.2, 0) is 0 Å². The number of unbranched alkanes of at least 4 members (excludes halogenated alkanes) is 21. The van der Waals surface area contributed by atoms with Gasteiger partial charge in [-0.2, -0.15) is 0 Å². The van der Waals surface area contributed by atoms with Gasteiger partial charge in [0.1, 0.15) is 0 Å². The van der Waals surface area contributed by atoms with Gasteiger partial charge in [-0.05, 0) is 31.6 Å². The van der Waals surface area contributed by atoms with Gasteiger partial charge in [-0.1, -0.05) is 129 Å². The molecule has 0 aliphatic rings. The van der Waals surface area contributed by atoms with Crippen LogP contribution in [0.25, 0.3) is 0 Å². The first-order valence-electron chi connectivity index (χ1n) is 22.3. The molecule has 0 bridgehead atoms. The number of allylic oxidation sites excluding steroid dienone is 1. The molecular weight excluding hydrogens is 695 g/mol. The van der Waals surface area contributed by atoms with Crippen LogP contribution < -0.4 is 26.5 Å². The van der Waals surface area contributed by atoms with Crippen LogP contribution in [0.4, 0.5) is 0 Å². The van der Waals surface area contributed by atoms with Gasteiger partial charge in [-0.15, -0.1) is 0 Å².